The molecule has 12 rings (SSSR count). The van der Waals surface area contributed by atoms with E-state index in [1.54, 1.807) is 0 Å². The van der Waals surface area contributed by atoms with Crippen molar-refractivity contribution in [3.8, 4) is 39.1 Å². The SMILES string of the molecule is Cc1cc(-c2c3ccccc3c(-c3ccc4ccc5cccc6ccc3c4c56)c3ccccc23)c(C)cc1-c1ccc(-n2c3ccccc3c3ccccc32)cc1. The van der Waals surface area contributed by atoms with Gasteiger partial charge in [-0.1, -0.05) is 164 Å². The van der Waals surface area contributed by atoms with E-state index in [9.17, 15) is 0 Å². The van der Waals surface area contributed by atoms with Crippen LogP contribution in [0.4, 0.5) is 0 Å². The van der Waals surface area contributed by atoms with E-state index in [1.807, 2.05) is 0 Å². The second kappa shape index (κ2) is 12.1. The zero-order valence-electron chi connectivity index (χ0n) is 31.8. The third-order valence-electron chi connectivity index (χ3n) is 12.6. The standard InChI is InChI=1S/C56H37N/c1-34-33-50(35(2)32-49(34)36-24-28-40(29-25-36)57-51-20-9-7-14-41(51)42-15-8-10-21-52(42)57)56-45-18-5-3-16-43(45)55(44-17-4-6-19-46(44)56)48-31-27-39-23-22-37-12-11-13-38-26-30-47(48)54(39)53(37)38/h3-33H,1-2H3. The Balaban J connectivity index is 1.03. The van der Waals surface area contributed by atoms with Gasteiger partial charge >= 0.3 is 0 Å². The van der Waals surface area contributed by atoms with E-state index in [4.69, 9.17) is 0 Å². The van der Waals surface area contributed by atoms with Crippen molar-refractivity contribution < 1.29 is 0 Å². The van der Waals surface area contributed by atoms with Crippen LogP contribution in [-0.4, -0.2) is 4.57 Å². The van der Waals surface area contributed by atoms with Gasteiger partial charge in [-0.2, -0.15) is 0 Å². The van der Waals surface area contributed by atoms with Gasteiger partial charge in [0.15, 0.2) is 0 Å². The largest absolute Gasteiger partial charge is 0.309 e. The van der Waals surface area contributed by atoms with Crippen LogP contribution in [0.25, 0.3) is 115 Å². The molecule has 0 aliphatic heterocycles. The molecule has 0 saturated carbocycles. The molecule has 0 aliphatic rings. The summed E-state index contributed by atoms with van der Waals surface area (Å²) in [6.07, 6.45) is 0. The van der Waals surface area contributed by atoms with E-state index in [-0.39, 0.29) is 0 Å². The first-order chi connectivity index (χ1) is 28.1. The highest BCUT2D eigenvalue weighted by Crippen LogP contribution is 2.48. The molecule has 0 aliphatic carbocycles. The molecule has 0 radical (unpaired) electrons. The third kappa shape index (κ3) is 4.63. The van der Waals surface area contributed by atoms with Crippen molar-refractivity contribution in [2.24, 2.45) is 0 Å². The first-order valence-corrected chi connectivity index (χ1v) is 19.9. The lowest BCUT2D eigenvalue weighted by molar-refractivity contribution is 1.18. The molecule has 0 bridgehead atoms. The minimum atomic E-state index is 1.17. The molecular formula is C56H37N. The molecule has 0 N–H and O–H groups in total. The van der Waals surface area contributed by atoms with Crippen LogP contribution in [0.3, 0.4) is 0 Å². The molecule has 0 saturated heterocycles. The van der Waals surface area contributed by atoms with Gasteiger partial charge in [-0.3, -0.25) is 0 Å². The fraction of sp³-hybridized carbons (Fsp3) is 0.0357. The number of aryl methyl sites for hydroxylation is 2. The maximum absolute atomic E-state index is 2.43. The van der Waals surface area contributed by atoms with Crippen molar-refractivity contribution in [2.45, 2.75) is 13.8 Å². The van der Waals surface area contributed by atoms with Gasteiger partial charge in [0.2, 0.25) is 0 Å². The molecule has 1 heteroatoms. The Hall–Kier alpha value is -7.22. The highest BCUT2D eigenvalue weighted by molar-refractivity contribution is 6.29. The van der Waals surface area contributed by atoms with Crippen LogP contribution in [0.2, 0.25) is 0 Å². The highest BCUT2D eigenvalue weighted by Gasteiger charge is 2.21. The number of rotatable bonds is 4. The second-order valence-electron chi connectivity index (χ2n) is 15.7. The Labute approximate surface area is 331 Å². The molecule has 12 aromatic rings. The third-order valence-corrected chi connectivity index (χ3v) is 12.6. The van der Waals surface area contributed by atoms with Crippen LogP contribution < -0.4 is 0 Å². The molecule has 0 amide bonds. The predicted molar refractivity (Wildman–Crippen MR) is 245 cm³/mol. The summed E-state index contributed by atoms with van der Waals surface area (Å²) in [6.45, 7) is 4.55. The number of para-hydroxylation sites is 2. The molecule has 57 heavy (non-hydrogen) atoms. The lowest BCUT2D eigenvalue weighted by atomic mass is 9.82. The number of hydrogen-bond acceptors (Lipinski definition) is 0. The molecule has 0 unspecified atom stereocenters. The minimum absolute atomic E-state index is 1.17. The monoisotopic (exact) mass is 723 g/mol. The Morgan fingerprint density at radius 3 is 1.37 bits per heavy atom. The Kier molecular flexibility index (Phi) is 6.83. The van der Waals surface area contributed by atoms with Gasteiger partial charge in [0.25, 0.3) is 0 Å². The topological polar surface area (TPSA) is 4.93 Å². The molecule has 0 spiro atoms. The number of benzene rings is 11. The van der Waals surface area contributed by atoms with Crippen LogP contribution >= 0.6 is 0 Å². The van der Waals surface area contributed by atoms with Crippen molar-refractivity contribution in [1.82, 2.24) is 4.57 Å². The summed E-state index contributed by atoms with van der Waals surface area (Å²) in [7, 11) is 0. The maximum atomic E-state index is 2.43. The first kappa shape index (κ1) is 32.1. The Bertz CT molecular complexity index is 3460. The fourth-order valence-electron chi connectivity index (χ4n) is 10.0. The van der Waals surface area contributed by atoms with E-state index >= 15 is 0 Å². The van der Waals surface area contributed by atoms with Crippen molar-refractivity contribution in [2.75, 3.05) is 0 Å². The Morgan fingerprint density at radius 2 is 0.772 bits per heavy atom. The average molecular weight is 724 g/mol. The van der Waals surface area contributed by atoms with Crippen LogP contribution in [0.1, 0.15) is 11.1 Å². The van der Waals surface area contributed by atoms with Crippen molar-refractivity contribution in [3.05, 3.63) is 199 Å². The minimum Gasteiger partial charge on any atom is -0.309 e. The first-order valence-electron chi connectivity index (χ1n) is 19.9. The van der Waals surface area contributed by atoms with Crippen LogP contribution in [-0.2, 0) is 0 Å². The normalized spacial score (nSPS) is 12.0. The smallest absolute Gasteiger partial charge is 0.0541 e. The number of nitrogens with zero attached hydrogens (tertiary/aromatic N) is 1. The maximum Gasteiger partial charge on any atom is 0.0541 e. The quantitative estimate of drug-likeness (QED) is 0.126. The summed E-state index contributed by atoms with van der Waals surface area (Å²) in [4.78, 5) is 0. The lowest BCUT2D eigenvalue weighted by Gasteiger charge is -2.21. The summed E-state index contributed by atoms with van der Waals surface area (Å²) < 4.78 is 2.39. The van der Waals surface area contributed by atoms with E-state index in [0.29, 0.717) is 0 Å². The van der Waals surface area contributed by atoms with Gasteiger partial charge in [0.1, 0.15) is 0 Å². The molecule has 1 heterocycles. The van der Waals surface area contributed by atoms with Crippen LogP contribution in [0.15, 0.2) is 188 Å². The van der Waals surface area contributed by atoms with Crippen molar-refractivity contribution >= 4 is 75.7 Å². The van der Waals surface area contributed by atoms with E-state index in [0.717, 1.165) is 0 Å². The van der Waals surface area contributed by atoms with Crippen molar-refractivity contribution in [1.29, 1.82) is 0 Å². The molecule has 266 valence electrons. The summed E-state index contributed by atoms with van der Waals surface area (Å²) in [5.41, 5.74) is 13.8. The molecule has 0 fully saturated rings. The average Bonchev–Trinajstić information content (AvgIpc) is 3.60. The summed E-state index contributed by atoms with van der Waals surface area (Å²) in [6, 6.07) is 70.0. The summed E-state index contributed by atoms with van der Waals surface area (Å²) >= 11 is 0. The van der Waals surface area contributed by atoms with Gasteiger partial charge < -0.3 is 4.57 Å². The number of hydrogen-bond donors (Lipinski definition) is 0. The summed E-state index contributed by atoms with van der Waals surface area (Å²) in [5.74, 6) is 0. The lowest BCUT2D eigenvalue weighted by Crippen LogP contribution is -1.96. The molecule has 11 aromatic carbocycles. The molecular weight excluding hydrogens is 687 g/mol. The molecule has 1 aromatic heterocycles. The fourth-order valence-corrected chi connectivity index (χ4v) is 10.0. The zero-order chi connectivity index (χ0) is 37.8. The molecule has 1 nitrogen and oxygen atoms in total. The molecule has 0 atom stereocenters. The van der Waals surface area contributed by atoms with E-state index in [2.05, 4.69) is 206 Å². The van der Waals surface area contributed by atoms with E-state index in [1.165, 1.54) is 126 Å². The van der Waals surface area contributed by atoms with Gasteiger partial charge in [-0.25, -0.2) is 0 Å². The van der Waals surface area contributed by atoms with Crippen LogP contribution in [0, 0.1) is 13.8 Å². The zero-order valence-corrected chi connectivity index (χ0v) is 31.8. The second-order valence-corrected chi connectivity index (χ2v) is 15.7. The van der Waals surface area contributed by atoms with Crippen LogP contribution in [0.5, 0.6) is 0 Å². The van der Waals surface area contributed by atoms with Gasteiger partial charge in [-0.05, 0) is 136 Å². The van der Waals surface area contributed by atoms with Crippen molar-refractivity contribution in [3.63, 3.8) is 0 Å². The van der Waals surface area contributed by atoms with Gasteiger partial charge in [0, 0.05) is 16.5 Å². The summed E-state index contributed by atoms with van der Waals surface area (Å²) in [5, 5.41) is 15.6. The van der Waals surface area contributed by atoms with Gasteiger partial charge in [-0.15, -0.1) is 0 Å². The van der Waals surface area contributed by atoms with E-state index < -0.39 is 0 Å². The number of aromatic nitrogens is 1. The number of fused-ring (bicyclic) bond motifs is 5. The Morgan fingerprint density at radius 1 is 0.316 bits per heavy atom. The predicted octanol–water partition coefficient (Wildman–Crippen LogP) is 15.6. The van der Waals surface area contributed by atoms with Gasteiger partial charge in [0.05, 0.1) is 11.0 Å². The highest BCUT2D eigenvalue weighted by atomic mass is 15.0.